The second-order valence-corrected chi connectivity index (χ2v) is 23.6. The molecule has 0 aliphatic rings. The third kappa shape index (κ3) is 30.7. The van der Waals surface area contributed by atoms with E-state index in [1.54, 1.807) is 104 Å². The number of hydrogen-bond acceptors (Lipinski definition) is 26. The van der Waals surface area contributed by atoms with Gasteiger partial charge in [0.05, 0.1) is 85.6 Å². The molecule has 0 saturated heterocycles. The number of carboxylic acid groups (broad SMARTS) is 1. The molecule has 0 spiro atoms. The van der Waals surface area contributed by atoms with Gasteiger partial charge in [-0.3, -0.25) is 28.8 Å². The number of aliphatic hydroxyl groups is 1. The molecule has 4 amide bonds. The fourth-order valence-electron chi connectivity index (χ4n) is 10.4. The van der Waals surface area contributed by atoms with Gasteiger partial charge in [-0.15, -0.1) is 20.4 Å². The summed E-state index contributed by atoms with van der Waals surface area (Å²) in [6.07, 6.45) is 14.1. The number of amides is 4. The minimum Gasteiger partial charge on any atom is -0.481 e. The monoisotopic (exact) mass is 1460 g/mol. The number of nitrogens with zero attached hydrogens (tertiary/aromatic N) is 18. The first kappa shape index (κ1) is 83.8. The molecule has 4 aromatic heterocycles. The number of carbonyl (C=O) groups is 6. The number of carboxylic acids is 1. The van der Waals surface area contributed by atoms with Crippen LogP contribution in [0.4, 0.5) is 22.7 Å². The van der Waals surface area contributed by atoms with E-state index in [1.807, 2.05) is 0 Å². The van der Waals surface area contributed by atoms with E-state index in [2.05, 4.69) is 90.9 Å². The molecule has 4 heterocycles. The zero-order valence-electron chi connectivity index (χ0n) is 58.5. The van der Waals surface area contributed by atoms with Crippen molar-refractivity contribution in [3.63, 3.8) is 0 Å². The SMILES string of the molecule is O=C(CCCCc1cnnn1CC(Cn1nncc1CCCCC(=O)Nc1cccc(B(O)O)c1)C(=O)O)Nc1cccc(B(O)O)c1.[2H][B].[N-]=[N+]=NCO.[N-]=[N+]=NCOC(=O)C(Cn1nncc1CCCCC(=O)Nc1cccc(B(O)O)c1)Cn1nncc1CCCCC(=O)Nc1cccc(B(O)O)c1. The van der Waals surface area contributed by atoms with E-state index in [0.717, 1.165) is 22.8 Å². The van der Waals surface area contributed by atoms with Crippen molar-refractivity contribution in [1.29, 1.82) is 1.34 Å². The van der Waals surface area contributed by atoms with Gasteiger partial charge < -0.3 is 76.4 Å². The summed E-state index contributed by atoms with van der Waals surface area (Å²) in [5.41, 5.74) is 21.9. The van der Waals surface area contributed by atoms with Gasteiger partial charge in [0.1, 0.15) is 6.73 Å². The third-order valence-electron chi connectivity index (χ3n) is 15.7. The van der Waals surface area contributed by atoms with E-state index in [1.165, 1.54) is 36.4 Å². The number of hydrogen-bond donors (Lipinski definition) is 14. The van der Waals surface area contributed by atoms with Crippen LogP contribution in [0.5, 0.6) is 0 Å². The Morgan fingerprint density at radius 3 is 0.962 bits per heavy atom. The van der Waals surface area contributed by atoms with Crippen LogP contribution in [-0.4, -0.2) is 198 Å². The van der Waals surface area contributed by atoms with Gasteiger partial charge in [0.25, 0.3) is 0 Å². The Hall–Kier alpha value is -11.2. The molecular formula is C62H81B5N22O17. The lowest BCUT2D eigenvalue weighted by Gasteiger charge is -2.17. The van der Waals surface area contributed by atoms with Crippen LogP contribution in [-0.2, 0) is 85.4 Å². The number of esters is 1. The predicted molar refractivity (Wildman–Crippen MR) is 388 cm³/mol. The van der Waals surface area contributed by atoms with Gasteiger partial charge in [0.15, 0.2) is 6.73 Å². The van der Waals surface area contributed by atoms with E-state index in [0.29, 0.717) is 99.8 Å². The second kappa shape index (κ2) is 46.5. The van der Waals surface area contributed by atoms with Crippen LogP contribution in [0.3, 0.4) is 0 Å². The lowest BCUT2D eigenvalue weighted by molar-refractivity contribution is -0.149. The lowest BCUT2D eigenvalue weighted by atomic mass is 9.80. The first-order chi connectivity index (χ1) is 51.6. The van der Waals surface area contributed by atoms with E-state index in [-0.39, 0.29) is 97.3 Å². The van der Waals surface area contributed by atoms with Crippen molar-refractivity contribution in [1.82, 2.24) is 60.0 Å². The van der Waals surface area contributed by atoms with Gasteiger partial charge in [0.2, 0.25) is 23.6 Å². The fourth-order valence-corrected chi connectivity index (χ4v) is 10.4. The van der Waals surface area contributed by atoms with Crippen LogP contribution in [0.15, 0.2) is 132 Å². The number of aromatic nitrogens is 12. The maximum absolute atomic E-state index is 13.1. The predicted octanol–water partition coefficient (Wildman–Crippen LogP) is -1.01. The molecule has 8 aromatic rings. The smallest absolute Gasteiger partial charge is 0.481 e. The Morgan fingerprint density at radius 1 is 0.453 bits per heavy atom. The number of rotatable bonds is 41. The number of unbranched alkanes of at least 4 members (excludes halogenated alkanes) is 4. The summed E-state index contributed by atoms with van der Waals surface area (Å²) in [5, 5.41) is 142. The Kier molecular flexibility index (Phi) is 36.8. The van der Waals surface area contributed by atoms with Crippen molar-refractivity contribution in [2.45, 2.75) is 129 Å². The first-order valence-corrected chi connectivity index (χ1v) is 33.2. The average Bonchev–Trinajstić information content (AvgIpc) is 1.71. The summed E-state index contributed by atoms with van der Waals surface area (Å²) in [5.74, 6) is -4.23. The number of azide groups is 2. The number of aliphatic hydroxyl groups excluding tert-OH is 1. The molecule has 106 heavy (non-hydrogen) atoms. The molecule has 0 atom stereocenters. The lowest BCUT2D eigenvalue weighted by Crippen LogP contribution is -2.30. The molecule has 0 aliphatic carbocycles. The Labute approximate surface area is 611 Å². The van der Waals surface area contributed by atoms with E-state index in [9.17, 15) is 74.1 Å². The minimum atomic E-state index is -1.64. The zero-order valence-corrected chi connectivity index (χ0v) is 57.5. The van der Waals surface area contributed by atoms with Crippen LogP contribution in [0.25, 0.3) is 20.9 Å². The third-order valence-corrected chi connectivity index (χ3v) is 15.7. The van der Waals surface area contributed by atoms with Gasteiger partial charge in [-0.2, -0.15) is 0 Å². The number of nitrogens with one attached hydrogen (secondary N) is 4. The van der Waals surface area contributed by atoms with Crippen LogP contribution in [0.1, 0.15) is 99.8 Å². The van der Waals surface area contributed by atoms with E-state index < -0.39 is 65.7 Å². The van der Waals surface area contributed by atoms with Crippen molar-refractivity contribution < 1.29 is 83.9 Å². The molecule has 0 aliphatic heterocycles. The fraction of sp³-hybridized carbons (Fsp3) is 0.387. The molecule has 0 bridgehead atoms. The molecular weight excluding hydrogens is 1380 g/mol. The quantitative estimate of drug-likeness (QED) is 0.00545. The van der Waals surface area contributed by atoms with Gasteiger partial charge >= 0.3 is 40.4 Å². The van der Waals surface area contributed by atoms with Gasteiger partial charge in [-0.25, -0.2) is 18.7 Å². The maximum atomic E-state index is 13.1. The highest BCUT2D eigenvalue weighted by Crippen LogP contribution is 2.19. The van der Waals surface area contributed by atoms with Gasteiger partial charge in [0, 0.05) is 66.6 Å². The number of anilines is 4. The Balaban J connectivity index is 0.000000354. The summed E-state index contributed by atoms with van der Waals surface area (Å²) >= 11 is 0. The van der Waals surface area contributed by atoms with Crippen LogP contribution in [0.2, 0.25) is 0 Å². The van der Waals surface area contributed by atoms with Crippen LogP contribution < -0.4 is 43.1 Å². The number of carbonyl (C=O) groups excluding carboxylic acids is 5. The number of aryl methyl sites for hydroxylation is 4. The number of benzene rings is 4. The van der Waals surface area contributed by atoms with Gasteiger partial charge in [-0.1, -0.05) is 79.6 Å². The standard InChI is InChI=1S/C31H39B2N11O8.C30H38B2N8O8.CH3N3O.BH/c34-40-37-21-52-31(47)22(19-43-27(17-35-41-43)11-1-3-13-29(45)38-25-9-5-7-23(15-25)32(48)49)20-44-28(18-36-42-44)12-2-4-14-30(46)39-26-10-6-8-24(16-26)33(50)51;41-28(35-24-9-5-7-22(15-24)31(45)46)13-3-1-11-26-17-33-37-39(26)19-21(30(43)44)20-40-27(18-34-38-40)12-2-4-14-29(42)36-25-10-6-8-23(16-25)32(47)48;2-4-3-1-5;/h5-10,15-18,22,48-51H,1-4,11-14,19-21H2,(H,38,45)(H,39,46);5-10,15-18,21,45-48H,1-4,11-14,19-20H2,(H,35,41)(H,36,42)(H,43,44);5H,1H2;1H/i;;;1D. The van der Waals surface area contributed by atoms with Crippen LogP contribution >= 0.6 is 0 Å². The first-order valence-electron chi connectivity index (χ1n) is 33.8. The summed E-state index contributed by atoms with van der Waals surface area (Å²) in [6, 6.07) is 25.2. The van der Waals surface area contributed by atoms with Crippen molar-refractivity contribution in [3.8, 4) is 0 Å². The highest BCUT2D eigenvalue weighted by atomic mass is 16.5. The van der Waals surface area contributed by atoms with Crippen molar-refractivity contribution >= 4 is 117 Å². The zero-order chi connectivity index (χ0) is 77.9. The maximum Gasteiger partial charge on any atom is 0.488 e. The van der Waals surface area contributed by atoms with Crippen molar-refractivity contribution in [2.24, 2.45) is 22.1 Å². The molecule has 556 valence electrons. The number of aliphatic carboxylic acids is 1. The molecule has 4 aromatic carbocycles. The van der Waals surface area contributed by atoms with Gasteiger partial charge in [-0.05, 0) is 160 Å². The Bertz CT molecular complexity index is 3950. The molecule has 0 saturated carbocycles. The largest absolute Gasteiger partial charge is 0.488 e. The van der Waals surface area contributed by atoms with E-state index in [4.69, 9.17) is 22.2 Å². The highest BCUT2D eigenvalue weighted by Gasteiger charge is 2.27. The summed E-state index contributed by atoms with van der Waals surface area (Å²) < 4.78 is 16.7. The normalized spacial score (nSPS) is 10.6. The second-order valence-electron chi connectivity index (χ2n) is 23.6. The molecule has 44 heteroatoms. The molecule has 0 unspecified atom stereocenters. The topological polar surface area (TPSA) is 582 Å². The van der Waals surface area contributed by atoms with Crippen molar-refractivity contribution in [2.75, 3.05) is 34.7 Å². The van der Waals surface area contributed by atoms with Crippen LogP contribution in [0, 0.1) is 11.8 Å². The Morgan fingerprint density at radius 2 is 0.726 bits per heavy atom. The molecule has 2 radical (unpaired) electrons. The highest BCUT2D eigenvalue weighted by molar-refractivity contribution is 6.60. The molecule has 8 rings (SSSR count). The minimum absolute atomic E-state index is 0.0617. The average molecular weight is 1460 g/mol. The molecule has 14 N–H and O–H groups in total. The van der Waals surface area contributed by atoms with E-state index >= 15 is 0 Å². The summed E-state index contributed by atoms with van der Waals surface area (Å²) in [6.45, 7) is -0.660. The number of ether oxygens (including phenoxy) is 1. The molecule has 39 nitrogen and oxygen atoms in total. The summed E-state index contributed by atoms with van der Waals surface area (Å²) in [7, 11) is -2.78. The van der Waals surface area contributed by atoms with Crippen molar-refractivity contribution in [3.05, 3.63) is 166 Å². The summed E-state index contributed by atoms with van der Waals surface area (Å²) in [4.78, 5) is 79.7. The molecule has 0 fully saturated rings.